The predicted molar refractivity (Wildman–Crippen MR) is 55.9 cm³/mol. The Morgan fingerprint density at radius 2 is 1.93 bits per heavy atom. The van der Waals surface area contributed by atoms with Crippen molar-refractivity contribution in [3.05, 3.63) is 36.5 Å². The summed E-state index contributed by atoms with van der Waals surface area (Å²) in [6.07, 6.45) is 11.6. The molecule has 3 nitrogen and oxygen atoms in total. The Morgan fingerprint density at radius 3 is 2.50 bits per heavy atom. The standard InChI is InChI=1S/C11H15NO2/c1-2-14-11(13)12-9-10-7-5-3-4-6-8-10/h3-8,10H,2,9H2,1H3,(H,12,13). The number of carbonyl (C=O) groups excluding carboxylic acids is 1. The summed E-state index contributed by atoms with van der Waals surface area (Å²) < 4.78 is 4.75. The molecule has 0 saturated heterocycles. The van der Waals surface area contributed by atoms with Crippen LogP contribution in [0.2, 0.25) is 0 Å². The Kier molecular flexibility index (Phi) is 4.55. The Morgan fingerprint density at radius 1 is 1.29 bits per heavy atom. The SMILES string of the molecule is CCOC(=O)NCC1C=CC=CC=C1. The van der Waals surface area contributed by atoms with Crippen molar-refractivity contribution >= 4 is 6.09 Å². The zero-order valence-electron chi connectivity index (χ0n) is 8.27. The lowest BCUT2D eigenvalue weighted by Gasteiger charge is -2.08. The van der Waals surface area contributed by atoms with Crippen molar-refractivity contribution in [2.24, 2.45) is 5.92 Å². The third-order valence-corrected chi connectivity index (χ3v) is 1.81. The molecule has 0 aromatic rings. The minimum absolute atomic E-state index is 0.245. The molecule has 0 heterocycles. The minimum atomic E-state index is -0.355. The summed E-state index contributed by atoms with van der Waals surface area (Å²) in [7, 11) is 0. The van der Waals surface area contributed by atoms with Gasteiger partial charge in [-0.05, 0) is 6.92 Å². The molecule has 1 amide bonds. The molecule has 3 heteroatoms. The zero-order chi connectivity index (χ0) is 10.2. The van der Waals surface area contributed by atoms with Gasteiger partial charge in [0.05, 0.1) is 6.61 Å². The van der Waals surface area contributed by atoms with Gasteiger partial charge in [0, 0.05) is 12.5 Å². The molecule has 0 aliphatic heterocycles. The topological polar surface area (TPSA) is 38.3 Å². The maximum atomic E-state index is 11.0. The highest BCUT2D eigenvalue weighted by Gasteiger charge is 2.04. The summed E-state index contributed by atoms with van der Waals surface area (Å²) in [5.74, 6) is 0.245. The van der Waals surface area contributed by atoms with Crippen molar-refractivity contribution in [3.8, 4) is 0 Å². The smallest absolute Gasteiger partial charge is 0.407 e. The van der Waals surface area contributed by atoms with Crippen LogP contribution in [0.5, 0.6) is 0 Å². The Hall–Kier alpha value is -1.51. The maximum Gasteiger partial charge on any atom is 0.407 e. The van der Waals surface area contributed by atoms with Crippen LogP contribution < -0.4 is 5.32 Å². The van der Waals surface area contributed by atoms with Crippen molar-refractivity contribution < 1.29 is 9.53 Å². The van der Waals surface area contributed by atoms with Crippen LogP contribution in [0.3, 0.4) is 0 Å². The molecular weight excluding hydrogens is 178 g/mol. The van der Waals surface area contributed by atoms with E-state index in [1.165, 1.54) is 0 Å². The van der Waals surface area contributed by atoms with Gasteiger partial charge in [-0.2, -0.15) is 0 Å². The highest BCUT2D eigenvalue weighted by molar-refractivity contribution is 5.67. The highest BCUT2D eigenvalue weighted by Crippen LogP contribution is 2.03. The fourth-order valence-corrected chi connectivity index (χ4v) is 1.13. The third kappa shape index (κ3) is 3.94. The number of alkyl carbamates (subject to hydrolysis) is 1. The van der Waals surface area contributed by atoms with E-state index >= 15 is 0 Å². The first-order chi connectivity index (χ1) is 6.83. The summed E-state index contributed by atoms with van der Waals surface area (Å²) in [4.78, 5) is 11.0. The van der Waals surface area contributed by atoms with E-state index in [1.807, 2.05) is 36.5 Å². The van der Waals surface area contributed by atoms with E-state index in [2.05, 4.69) is 5.32 Å². The van der Waals surface area contributed by atoms with E-state index in [0.29, 0.717) is 13.2 Å². The third-order valence-electron chi connectivity index (χ3n) is 1.81. The molecule has 0 radical (unpaired) electrons. The van der Waals surface area contributed by atoms with E-state index in [1.54, 1.807) is 6.92 Å². The number of ether oxygens (including phenoxy) is 1. The summed E-state index contributed by atoms with van der Waals surface area (Å²) >= 11 is 0. The lowest BCUT2D eigenvalue weighted by molar-refractivity contribution is 0.151. The van der Waals surface area contributed by atoms with Gasteiger partial charge in [-0.25, -0.2) is 4.79 Å². The van der Waals surface area contributed by atoms with Gasteiger partial charge in [0.1, 0.15) is 0 Å². The quantitative estimate of drug-likeness (QED) is 0.744. The first-order valence-electron chi connectivity index (χ1n) is 4.75. The monoisotopic (exact) mass is 193 g/mol. The van der Waals surface area contributed by atoms with Crippen LogP contribution in [-0.4, -0.2) is 19.2 Å². The summed E-state index contributed by atoms with van der Waals surface area (Å²) in [5, 5.41) is 2.69. The van der Waals surface area contributed by atoms with Gasteiger partial charge in [-0.15, -0.1) is 0 Å². The summed E-state index contributed by atoms with van der Waals surface area (Å²) in [5.41, 5.74) is 0. The molecule has 0 bridgehead atoms. The van der Waals surface area contributed by atoms with E-state index in [9.17, 15) is 4.79 Å². The molecule has 1 rings (SSSR count). The molecule has 0 unspecified atom stereocenters. The molecule has 0 spiro atoms. The van der Waals surface area contributed by atoms with Crippen molar-refractivity contribution in [1.29, 1.82) is 0 Å². The van der Waals surface area contributed by atoms with E-state index in [0.717, 1.165) is 0 Å². The number of rotatable bonds is 3. The lowest BCUT2D eigenvalue weighted by Crippen LogP contribution is -2.28. The van der Waals surface area contributed by atoms with Gasteiger partial charge in [0.25, 0.3) is 0 Å². The van der Waals surface area contributed by atoms with Gasteiger partial charge in [-0.1, -0.05) is 36.5 Å². The second-order valence-corrected chi connectivity index (χ2v) is 2.92. The fourth-order valence-electron chi connectivity index (χ4n) is 1.13. The molecule has 76 valence electrons. The average Bonchev–Trinajstić information content (AvgIpc) is 2.43. The van der Waals surface area contributed by atoms with Crippen LogP contribution in [0.15, 0.2) is 36.5 Å². The Bertz CT molecular complexity index is 250. The van der Waals surface area contributed by atoms with Crippen LogP contribution in [0, 0.1) is 5.92 Å². The van der Waals surface area contributed by atoms with Crippen LogP contribution in [-0.2, 0) is 4.74 Å². The molecule has 14 heavy (non-hydrogen) atoms. The van der Waals surface area contributed by atoms with Gasteiger partial charge >= 0.3 is 6.09 Å². The highest BCUT2D eigenvalue weighted by atomic mass is 16.5. The largest absolute Gasteiger partial charge is 0.450 e. The molecule has 1 aliphatic rings. The van der Waals surface area contributed by atoms with Crippen LogP contribution >= 0.6 is 0 Å². The summed E-state index contributed by atoms with van der Waals surface area (Å²) in [6.45, 7) is 2.77. The molecule has 0 saturated carbocycles. The number of amides is 1. The molecular formula is C11H15NO2. The van der Waals surface area contributed by atoms with Crippen molar-refractivity contribution in [1.82, 2.24) is 5.32 Å². The van der Waals surface area contributed by atoms with Crippen LogP contribution in [0.25, 0.3) is 0 Å². The van der Waals surface area contributed by atoms with Gasteiger partial charge in [0.15, 0.2) is 0 Å². The number of nitrogens with one attached hydrogen (secondary N) is 1. The van der Waals surface area contributed by atoms with Crippen LogP contribution in [0.1, 0.15) is 6.92 Å². The first kappa shape index (κ1) is 10.6. The second kappa shape index (κ2) is 6.02. The Labute approximate surface area is 84.1 Å². The fraction of sp³-hybridized carbons (Fsp3) is 0.364. The molecule has 0 aromatic carbocycles. The number of carbonyl (C=O) groups is 1. The second-order valence-electron chi connectivity index (χ2n) is 2.92. The zero-order valence-corrected chi connectivity index (χ0v) is 8.27. The first-order valence-corrected chi connectivity index (χ1v) is 4.75. The van der Waals surface area contributed by atoms with Crippen molar-refractivity contribution in [2.45, 2.75) is 6.92 Å². The van der Waals surface area contributed by atoms with Crippen molar-refractivity contribution in [3.63, 3.8) is 0 Å². The van der Waals surface area contributed by atoms with Gasteiger partial charge in [-0.3, -0.25) is 0 Å². The normalized spacial score (nSPS) is 15.2. The number of hydrogen-bond acceptors (Lipinski definition) is 2. The van der Waals surface area contributed by atoms with E-state index in [4.69, 9.17) is 4.74 Å². The Balaban J connectivity index is 2.27. The van der Waals surface area contributed by atoms with Gasteiger partial charge < -0.3 is 10.1 Å². The van der Waals surface area contributed by atoms with Crippen LogP contribution in [0.4, 0.5) is 4.79 Å². The van der Waals surface area contributed by atoms with Gasteiger partial charge in [0.2, 0.25) is 0 Å². The molecule has 0 fully saturated rings. The predicted octanol–water partition coefficient (Wildman–Crippen LogP) is 2.03. The average molecular weight is 193 g/mol. The minimum Gasteiger partial charge on any atom is -0.450 e. The van der Waals surface area contributed by atoms with E-state index < -0.39 is 0 Å². The lowest BCUT2D eigenvalue weighted by atomic mass is 10.1. The molecule has 0 atom stereocenters. The summed E-state index contributed by atoms with van der Waals surface area (Å²) in [6, 6.07) is 0. The number of hydrogen-bond donors (Lipinski definition) is 1. The molecule has 1 N–H and O–H groups in total. The van der Waals surface area contributed by atoms with E-state index in [-0.39, 0.29) is 12.0 Å². The molecule has 0 aromatic heterocycles. The maximum absolute atomic E-state index is 11.0. The molecule has 1 aliphatic carbocycles. The number of allylic oxidation sites excluding steroid dienone is 4. The van der Waals surface area contributed by atoms with Crippen molar-refractivity contribution in [2.75, 3.05) is 13.2 Å².